The molecule has 190 valence electrons. The maximum atomic E-state index is 12.9. The lowest BCUT2D eigenvalue weighted by atomic mass is 10.1. The van der Waals surface area contributed by atoms with E-state index in [2.05, 4.69) is 25.3 Å². The van der Waals surface area contributed by atoms with Crippen molar-refractivity contribution < 1.29 is 17.9 Å². The molecule has 1 saturated heterocycles. The van der Waals surface area contributed by atoms with Gasteiger partial charge in [-0.3, -0.25) is 4.90 Å². The van der Waals surface area contributed by atoms with Crippen LogP contribution in [0.5, 0.6) is 5.75 Å². The van der Waals surface area contributed by atoms with Gasteiger partial charge in [0.05, 0.1) is 5.56 Å². The summed E-state index contributed by atoms with van der Waals surface area (Å²) < 4.78 is 46.0. The van der Waals surface area contributed by atoms with Crippen LogP contribution in [0.3, 0.4) is 0 Å². The molecular weight excluding hydrogens is 469 g/mol. The molecular formula is C26H29F3N6O. The first kappa shape index (κ1) is 25.4. The molecule has 1 fully saturated rings. The Morgan fingerprint density at radius 2 is 1.64 bits per heavy atom. The number of likely N-dealkylation sites (tertiary alicyclic amines) is 1. The summed E-state index contributed by atoms with van der Waals surface area (Å²) >= 11 is 0. The summed E-state index contributed by atoms with van der Waals surface area (Å²) in [5.41, 5.74) is 1.10. The predicted octanol–water partition coefficient (Wildman–Crippen LogP) is 6.05. The lowest BCUT2D eigenvalue weighted by Gasteiger charge is -2.15. The van der Waals surface area contributed by atoms with Crippen molar-refractivity contribution in [3.8, 4) is 17.1 Å². The zero-order chi connectivity index (χ0) is 25.5. The first-order valence-electron chi connectivity index (χ1n) is 12.1. The molecule has 2 aromatic heterocycles. The fourth-order valence-corrected chi connectivity index (χ4v) is 3.94. The molecule has 3 heterocycles. The van der Waals surface area contributed by atoms with Gasteiger partial charge in [-0.15, -0.1) is 5.10 Å². The van der Waals surface area contributed by atoms with Crippen molar-refractivity contribution in [2.24, 2.45) is 0 Å². The molecule has 0 radical (unpaired) electrons. The molecule has 36 heavy (non-hydrogen) atoms. The van der Waals surface area contributed by atoms with Gasteiger partial charge >= 0.3 is 6.18 Å². The van der Waals surface area contributed by atoms with Gasteiger partial charge in [0.15, 0.2) is 11.5 Å². The Labute approximate surface area is 207 Å². The quantitative estimate of drug-likeness (QED) is 0.334. The van der Waals surface area contributed by atoms with Gasteiger partial charge in [-0.2, -0.15) is 22.7 Å². The first-order chi connectivity index (χ1) is 17.5. The minimum atomic E-state index is -4.39. The van der Waals surface area contributed by atoms with E-state index in [1.807, 2.05) is 38.1 Å². The van der Waals surface area contributed by atoms with Crippen molar-refractivity contribution in [2.45, 2.75) is 32.9 Å². The van der Waals surface area contributed by atoms with Crippen LogP contribution in [-0.2, 0) is 6.18 Å². The number of rotatable bonds is 7. The molecule has 2 aromatic carbocycles. The molecule has 10 heteroatoms. The van der Waals surface area contributed by atoms with E-state index in [0.29, 0.717) is 29.6 Å². The zero-order valence-corrected chi connectivity index (χ0v) is 20.3. The molecule has 0 aliphatic carbocycles. The molecule has 0 atom stereocenters. The van der Waals surface area contributed by atoms with E-state index in [1.165, 1.54) is 29.5 Å². The maximum absolute atomic E-state index is 12.9. The zero-order valence-electron chi connectivity index (χ0n) is 20.3. The molecule has 7 nitrogen and oxygen atoms in total. The molecule has 0 bridgehead atoms. The van der Waals surface area contributed by atoms with Crippen molar-refractivity contribution >= 4 is 17.3 Å². The van der Waals surface area contributed by atoms with Crippen LogP contribution in [0, 0.1) is 0 Å². The Kier molecular flexibility index (Phi) is 8.04. The normalized spacial score (nSPS) is 13.9. The Morgan fingerprint density at radius 1 is 0.944 bits per heavy atom. The van der Waals surface area contributed by atoms with Crippen LogP contribution >= 0.6 is 0 Å². The van der Waals surface area contributed by atoms with Gasteiger partial charge in [0.1, 0.15) is 12.4 Å². The Balaban J connectivity index is 0.00000148. The fraction of sp³-hybridized carbons (Fsp3) is 0.346. The van der Waals surface area contributed by atoms with E-state index in [9.17, 15) is 13.2 Å². The van der Waals surface area contributed by atoms with Gasteiger partial charge in [0, 0.05) is 30.1 Å². The third-order valence-corrected chi connectivity index (χ3v) is 5.71. The van der Waals surface area contributed by atoms with Crippen LogP contribution in [-0.4, -0.2) is 50.7 Å². The van der Waals surface area contributed by atoms with Crippen LogP contribution in [0.4, 0.5) is 24.8 Å². The van der Waals surface area contributed by atoms with Gasteiger partial charge in [0.25, 0.3) is 0 Å². The Bertz CT molecular complexity index is 1250. The number of halogens is 3. The smallest absolute Gasteiger partial charge is 0.416 e. The summed E-state index contributed by atoms with van der Waals surface area (Å²) in [6.45, 7) is 7.88. The Morgan fingerprint density at radius 3 is 2.31 bits per heavy atom. The molecule has 0 saturated carbocycles. The van der Waals surface area contributed by atoms with Gasteiger partial charge in [-0.25, -0.2) is 4.98 Å². The number of aromatic nitrogens is 4. The van der Waals surface area contributed by atoms with Crippen molar-refractivity contribution in [3.63, 3.8) is 0 Å². The lowest BCUT2D eigenvalue weighted by molar-refractivity contribution is -0.137. The van der Waals surface area contributed by atoms with Gasteiger partial charge in [-0.1, -0.05) is 26.0 Å². The molecule has 1 N–H and O–H groups in total. The highest BCUT2D eigenvalue weighted by molar-refractivity contribution is 5.62. The van der Waals surface area contributed by atoms with E-state index >= 15 is 0 Å². The molecule has 0 amide bonds. The van der Waals surface area contributed by atoms with Crippen molar-refractivity contribution in [1.82, 2.24) is 24.5 Å². The third-order valence-electron chi connectivity index (χ3n) is 5.71. The largest absolute Gasteiger partial charge is 0.492 e. The van der Waals surface area contributed by atoms with Crippen molar-refractivity contribution in [2.75, 3.05) is 31.6 Å². The number of anilines is 2. The first-order valence-corrected chi connectivity index (χ1v) is 12.1. The highest BCUT2D eigenvalue weighted by atomic mass is 19.4. The molecule has 1 aliphatic rings. The van der Waals surface area contributed by atoms with Crippen LogP contribution in [0.25, 0.3) is 17.0 Å². The number of benzene rings is 2. The monoisotopic (exact) mass is 498 g/mol. The number of nitrogens with one attached hydrogen (secondary N) is 1. The van der Waals surface area contributed by atoms with Crippen molar-refractivity contribution in [1.29, 1.82) is 0 Å². The second-order valence-electron chi connectivity index (χ2n) is 8.10. The summed E-state index contributed by atoms with van der Waals surface area (Å²) in [6, 6.07) is 14.0. The second-order valence-corrected chi connectivity index (χ2v) is 8.10. The van der Waals surface area contributed by atoms with Gasteiger partial charge in [0.2, 0.25) is 5.95 Å². The number of nitrogens with zero attached hydrogens (tertiary/aromatic N) is 5. The highest BCUT2D eigenvalue weighted by Crippen LogP contribution is 2.30. The minimum Gasteiger partial charge on any atom is -0.492 e. The number of ether oxygens (including phenoxy) is 1. The van der Waals surface area contributed by atoms with E-state index in [4.69, 9.17) is 4.74 Å². The average molecular weight is 499 g/mol. The van der Waals surface area contributed by atoms with Crippen LogP contribution in [0.15, 0.2) is 60.8 Å². The molecule has 0 spiro atoms. The molecule has 0 unspecified atom stereocenters. The minimum absolute atomic E-state index is 0.351. The molecule has 1 aliphatic heterocycles. The van der Waals surface area contributed by atoms with Gasteiger partial charge < -0.3 is 10.1 Å². The Hall–Kier alpha value is -3.66. The predicted molar refractivity (Wildman–Crippen MR) is 133 cm³/mol. The maximum Gasteiger partial charge on any atom is 0.416 e. The third kappa shape index (κ3) is 6.12. The van der Waals surface area contributed by atoms with Gasteiger partial charge in [-0.05, 0) is 62.3 Å². The second kappa shape index (κ2) is 11.4. The number of hydrogen-bond donors (Lipinski definition) is 1. The summed E-state index contributed by atoms with van der Waals surface area (Å²) in [5.74, 6) is 1.54. The van der Waals surface area contributed by atoms with E-state index < -0.39 is 11.7 Å². The number of fused-ring (bicyclic) bond motifs is 1. The summed E-state index contributed by atoms with van der Waals surface area (Å²) in [4.78, 5) is 11.1. The van der Waals surface area contributed by atoms with Crippen LogP contribution in [0.2, 0.25) is 0 Å². The van der Waals surface area contributed by atoms with E-state index in [0.717, 1.165) is 43.2 Å². The van der Waals surface area contributed by atoms with Crippen LogP contribution in [0.1, 0.15) is 32.3 Å². The average Bonchev–Trinajstić information content (AvgIpc) is 3.55. The standard InChI is InChI=1S/C24H23F3N6O.C2H6/c25-24(26,27)18-5-3-17(4-6-18)22-28-12-11-21-30-23(31-33(21)22)29-19-7-9-20(10-8-19)34-16-15-32-13-1-2-14-32;1-2/h3-12H,1-2,13-16H2,(H,29,31);1-2H3. The highest BCUT2D eigenvalue weighted by Gasteiger charge is 2.30. The molecule has 4 aromatic rings. The van der Waals surface area contributed by atoms with Crippen molar-refractivity contribution in [3.05, 3.63) is 66.4 Å². The van der Waals surface area contributed by atoms with Crippen LogP contribution < -0.4 is 10.1 Å². The van der Waals surface area contributed by atoms with E-state index in [-0.39, 0.29) is 0 Å². The SMILES string of the molecule is CC.FC(F)(F)c1ccc(-c2nccc3nc(Nc4ccc(OCCN5CCCC5)cc4)nn23)cc1. The summed E-state index contributed by atoms with van der Waals surface area (Å²) in [5, 5.41) is 7.59. The lowest BCUT2D eigenvalue weighted by Crippen LogP contribution is -2.25. The fourth-order valence-electron chi connectivity index (χ4n) is 3.94. The number of hydrogen-bond acceptors (Lipinski definition) is 6. The van der Waals surface area contributed by atoms with E-state index in [1.54, 1.807) is 12.3 Å². The number of alkyl halides is 3. The topological polar surface area (TPSA) is 67.6 Å². The molecule has 5 rings (SSSR count). The summed E-state index contributed by atoms with van der Waals surface area (Å²) in [6.07, 6.45) is -0.315. The summed E-state index contributed by atoms with van der Waals surface area (Å²) in [7, 11) is 0.